The lowest BCUT2D eigenvalue weighted by molar-refractivity contribution is -0.119. The van der Waals surface area contributed by atoms with E-state index in [-0.39, 0.29) is 17.0 Å². The van der Waals surface area contributed by atoms with Gasteiger partial charge in [-0.3, -0.25) is 4.79 Å². The molecule has 1 aromatic rings. The molecular formula is C26H27N5O. The van der Waals surface area contributed by atoms with Gasteiger partial charge in [-0.2, -0.15) is 10.5 Å². The van der Waals surface area contributed by atoms with E-state index in [0.717, 1.165) is 41.7 Å². The third-order valence-electron chi connectivity index (χ3n) is 7.50. The monoisotopic (exact) mass is 425 g/mol. The molecule has 0 unspecified atom stereocenters. The second-order valence-electron chi connectivity index (χ2n) is 10.1. The highest BCUT2D eigenvalue weighted by molar-refractivity contribution is 6.08. The van der Waals surface area contributed by atoms with Gasteiger partial charge in [-0.25, -0.2) is 4.99 Å². The molecule has 6 heteroatoms. The van der Waals surface area contributed by atoms with Crippen LogP contribution in [0.15, 0.2) is 51.9 Å². The van der Waals surface area contributed by atoms with Crippen LogP contribution in [0.4, 0.5) is 0 Å². The van der Waals surface area contributed by atoms with Crippen molar-refractivity contribution in [3.8, 4) is 12.1 Å². The summed E-state index contributed by atoms with van der Waals surface area (Å²) in [5.74, 6) is -0.0541. The van der Waals surface area contributed by atoms with Gasteiger partial charge in [0.2, 0.25) is 0 Å². The van der Waals surface area contributed by atoms with E-state index >= 15 is 0 Å². The van der Waals surface area contributed by atoms with Crippen LogP contribution in [0.25, 0.3) is 0 Å². The quantitative estimate of drug-likeness (QED) is 0.779. The van der Waals surface area contributed by atoms with Crippen molar-refractivity contribution < 1.29 is 4.79 Å². The molecule has 2 heterocycles. The third kappa shape index (κ3) is 2.44. The first-order chi connectivity index (χ1) is 15.3. The zero-order valence-corrected chi connectivity index (χ0v) is 18.8. The molecule has 2 N–H and O–H groups in total. The molecule has 0 bridgehead atoms. The van der Waals surface area contributed by atoms with E-state index in [2.05, 4.69) is 37.8 Å². The topological polar surface area (TPSA) is 106 Å². The van der Waals surface area contributed by atoms with Crippen LogP contribution in [0.1, 0.15) is 69.4 Å². The van der Waals surface area contributed by atoms with E-state index in [1.807, 2.05) is 24.3 Å². The first kappa shape index (κ1) is 20.5. The summed E-state index contributed by atoms with van der Waals surface area (Å²) in [6, 6.07) is 12.7. The largest absolute Gasteiger partial charge is 0.383 e. The van der Waals surface area contributed by atoms with Crippen molar-refractivity contribution in [3.63, 3.8) is 0 Å². The predicted octanol–water partition coefficient (Wildman–Crippen LogP) is 4.24. The van der Waals surface area contributed by atoms with E-state index in [1.54, 1.807) is 0 Å². The summed E-state index contributed by atoms with van der Waals surface area (Å²) in [4.78, 5) is 20.5. The van der Waals surface area contributed by atoms with Gasteiger partial charge in [0.1, 0.15) is 17.1 Å². The minimum Gasteiger partial charge on any atom is -0.383 e. The SMILES string of the molecule is CCCCN1C2=NC(N)=C(C#N)[C@H]3c4ccccc4[C@@H](C4=C1CC(C)(C)CC4=O)[C@@]23C#N. The zero-order valence-electron chi connectivity index (χ0n) is 18.8. The molecule has 1 aromatic carbocycles. The third-order valence-corrected chi connectivity index (χ3v) is 7.50. The summed E-state index contributed by atoms with van der Waals surface area (Å²) >= 11 is 0. The Kier molecular flexibility index (Phi) is 4.37. The van der Waals surface area contributed by atoms with Gasteiger partial charge < -0.3 is 10.6 Å². The van der Waals surface area contributed by atoms with Crippen molar-refractivity contribution in [1.82, 2.24) is 4.90 Å². The highest BCUT2D eigenvalue weighted by Gasteiger charge is 2.66. The van der Waals surface area contributed by atoms with Gasteiger partial charge in [-0.05, 0) is 29.4 Å². The molecule has 3 atom stereocenters. The Morgan fingerprint density at radius 3 is 2.50 bits per heavy atom. The summed E-state index contributed by atoms with van der Waals surface area (Å²) in [5.41, 5.74) is 8.95. The number of amidine groups is 1. The first-order valence-electron chi connectivity index (χ1n) is 11.3. The molecule has 0 aromatic heterocycles. The summed E-state index contributed by atoms with van der Waals surface area (Å²) in [6.45, 7) is 7.03. The maximum Gasteiger partial charge on any atom is 0.161 e. The number of fused-ring (bicyclic) bond motifs is 4. The Labute approximate surface area is 188 Å². The molecule has 0 saturated carbocycles. The summed E-state index contributed by atoms with van der Waals surface area (Å²) in [6.07, 6.45) is 3.08. The number of hydrogen-bond acceptors (Lipinski definition) is 6. The second-order valence-corrected chi connectivity index (χ2v) is 10.1. The fourth-order valence-electron chi connectivity index (χ4n) is 6.27. The van der Waals surface area contributed by atoms with Gasteiger partial charge in [0.25, 0.3) is 0 Å². The number of allylic oxidation sites excluding steroid dienone is 3. The maximum absolute atomic E-state index is 13.7. The van der Waals surface area contributed by atoms with Gasteiger partial charge in [-0.15, -0.1) is 0 Å². The lowest BCUT2D eigenvalue weighted by Crippen LogP contribution is -2.56. The van der Waals surface area contributed by atoms with Gasteiger partial charge >= 0.3 is 0 Å². The first-order valence-corrected chi connectivity index (χ1v) is 11.3. The molecule has 32 heavy (non-hydrogen) atoms. The van der Waals surface area contributed by atoms with Crippen molar-refractivity contribution in [2.45, 2.75) is 58.3 Å². The molecule has 0 spiro atoms. The Morgan fingerprint density at radius 2 is 1.88 bits per heavy atom. The fraction of sp³-hybridized carbons (Fsp3) is 0.462. The average molecular weight is 426 g/mol. The molecule has 6 nitrogen and oxygen atoms in total. The molecule has 0 amide bonds. The number of hydrogen-bond donors (Lipinski definition) is 1. The molecule has 5 rings (SSSR count). The molecule has 0 fully saturated rings. The van der Waals surface area contributed by atoms with Crippen molar-refractivity contribution >= 4 is 11.6 Å². The van der Waals surface area contributed by atoms with E-state index < -0.39 is 17.3 Å². The van der Waals surface area contributed by atoms with Crippen LogP contribution in [-0.2, 0) is 4.79 Å². The van der Waals surface area contributed by atoms with Crippen LogP contribution < -0.4 is 5.73 Å². The standard InChI is InChI=1S/C26H27N5O/c1-4-5-10-31-18-11-25(2,3)12-19(32)20(18)22-16-9-7-6-8-15(16)21-17(13-27)23(29)30-24(31)26(21,22)14-28/h6-9,21-22H,4-5,10-12,29H2,1-3H3/t21-,22+,26+/m1/s1. The van der Waals surface area contributed by atoms with Gasteiger partial charge in [0, 0.05) is 36.1 Å². The highest BCUT2D eigenvalue weighted by Crippen LogP contribution is 2.66. The van der Waals surface area contributed by atoms with Crippen LogP contribution in [0.3, 0.4) is 0 Å². The lowest BCUT2D eigenvalue weighted by atomic mass is 9.59. The van der Waals surface area contributed by atoms with Crippen LogP contribution in [-0.4, -0.2) is 23.1 Å². The second kappa shape index (κ2) is 6.81. The van der Waals surface area contributed by atoms with Crippen LogP contribution >= 0.6 is 0 Å². The van der Waals surface area contributed by atoms with Crippen molar-refractivity contribution in [1.29, 1.82) is 10.5 Å². The number of nitriles is 2. The van der Waals surface area contributed by atoms with E-state index in [0.29, 0.717) is 24.4 Å². The number of aliphatic imine (C=N–C) groups is 1. The number of nitrogens with two attached hydrogens (primary N) is 1. The fourth-order valence-corrected chi connectivity index (χ4v) is 6.27. The number of Topliss-reactive ketones (excluding diaryl/α,β-unsaturated/α-hetero) is 1. The summed E-state index contributed by atoms with van der Waals surface area (Å²) < 4.78 is 0. The smallest absolute Gasteiger partial charge is 0.161 e. The lowest BCUT2D eigenvalue weighted by Gasteiger charge is -2.51. The van der Waals surface area contributed by atoms with Crippen LogP contribution in [0.5, 0.6) is 0 Å². The van der Waals surface area contributed by atoms with Gasteiger partial charge in [0.05, 0.1) is 17.7 Å². The summed E-state index contributed by atoms with van der Waals surface area (Å²) in [5, 5.41) is 20.8. The number of nitrogens with zero attached hydrogens (tertiary/aromatic N) is 4. The Hall–Kier alpha value is -3.38. The maximum atomic E-state index is 13.7. The minimum absolute atomic E-state index is 0.105. The number of carbonyl (C=O) groups excluding carboxylic acids is 1. The van der Waals surface area contributed by atoms with Gasteiger partial charge in [0.15, 0.2) is 5.78 Å². The molecule has 4 aliphatic rings. The average Bonchev–Trinajstić information content (AvgIpc) is 3.05. The number of rotatable bonds is 3. The van der Waals surface area contributed by atoms with E-state index in [4.69, 9.17) is 10.7 Å². The molecule has 2 aliphatic carbocycles. The Bertz CT molecular complexity index is 1220. The van der Waals surface area contributed by atoms with E-state index in [9.17, 15) is 15.3 Å². The van der Waals surface area contributed by atoms with Crippen LogP contribution in [0.2, 0.25) is 0 Å². The predicted molar refractivity (Wildman–Crippen MR) is 121 cm³/mol. The van der Waals surface area contributed by atoms with E-state index in [1.165, 1.54) is 0 Å². The summed E-state index contributed by atoms with van der Waals surface area (Å²) in [7, 11) is 0. The van der Waals surface area contributed by atoms with Crippen LogP contribution in [0, 0.1) is 33.5 Å². The van der Waals surface area contributed by atoms with Crippen molar-refractivity contribution in [2.75, 3.05) is 6.54 Å². The Balaban J connectivity index is 1.89. The number of unbranched alkanes of at least 4 members (excludes halogenated alkanes) is 1. The highest BCUT2D eigenvalue weighted by atomic mass is 16.1. The molecular weight excluding hydrogens is 398 g/mol. The normalized spacial score (nSPS) is 29.6. The molecule has 162 valence electrons. The number of carbonyl (C=O) groups is 1. The molecule has 2 aliphatic heterocycles. The molecule has 0 radical (unpaired) electrons. The zero-order chi connectivity index (χ0) is 22.8. The Morgan fingerprint density at radius 1 is 1.19 bits per heavy atom. The number of benzene rings is 1. The van der Waals surface area contributed by atoms with Gasteiger partial charge in [-0.1, -0.05) is 51.5 Å². The molecule has 0 saturated heterocycles. The van der Waals surface area contributed by atoms with Crippen molar-refractivity contribution in [3.05, 3.63) is 58.1 Å². The minimum atomic E-state index is -1.14. The number of ketones is 1. The van der Waals surface area contributed by atoms with Crippen molar-refractivity contribution in [2.24, 2.45) is 21.6 Å².